The van der Waals surface area contributed by atoms with Gasteiger partial charge in [-0.05, 0) is 57.8 Å². The standard InChI is InChI=1S/C65H121NO3/c1-3-5-7-9-11-13-15-17-19-21-23-25-27-29-30-31-32-33-34-35-37-38-40-42-44-46-48-50-52-54-56-58-60-64(68)63(62-67)66-65(69)61-59-57-55-53-51-49-47-45-43-41-39-36-28-26-24-22-20-18-16-14-12-10-8-6-4-2/h6,8,12,14,18,20,24,26,36,39,63-64,67-68H,3-5,7,9-11,13,15-17,19,21-23,25,27-35,37-38,40-62H2,1-2H3,(H,66,69)/b8-6-,14-12-,20-18-,26-24-,39-36-. The first kappa shape index (κ1) is 67.1. The zero-order valence-electron chi connectivity index (χ0n) is 46.6. The van der Waals surface area contributed by atoms with Gasteiger partial charge in [-0.15, -0.1) is 0 Å². The average molecular weight is 965 g/mol. The number of unbranched alkanes of at least 4 members (excludes halogenated alkanes) is 40. The van der Waals surface area contributed by atoms with E-state index in [0.717, 1.165) is 57.8 Å². The van der Waals surface area contributed by atoms with Crippen molar-refractivity contribution >= 4 is 5.91 Å². The van der Waals surface area contributed by atoms with Gasteiger partial charge in [0.25, 0.3) is 0 Å². The van der Waals surface area contributed by atoms with Crippen LogP contribution < -0.4 is 5.32 Å². The molecule has 0 saturated carbocycles. The van der Waals surface area contributed by atoms with E-state index in [1.54, 1.807) is 0 Å². The quantitative estimate of drug-likeness (QED) is 0.0420. The Balaban J connectivity index is 3.44. The van der Waals surface area contributed by atoms with Crippen LogP contribution in [0.3, 0.4) is 0 Å². The first-order valence-corrected chi connectivity index (χ1v) is 31.0. The maximum Gasteiger partial charge on any atom is 0.220 e. The molecule has 1 amide bonds. The van der Waals surface area contributed by atoms with Crippen molar-refractivity contribution in [2.45, 2.75) is 341 Å². The third-order valence-electron chi connectivity index (χ3n) is 14.3. The van der Waals surface area contributed by atoms with Gasteiger partial charge in [-0.2, -0.15) is 0 Å². The summed E-state index contributed by atoms with van der Waals surface area (Å²) < 4.78 is 0. The van der Waals surface area contributed by atoms with Crippen LogP contribution in [0.5, 0.6) is 0 Å². The molecule has 0 radical (unpaired) electrons. The Kier molecular flexibility index (Phi) is 58.7. The van der Waals surface area contributed by atoms with Gasteiger partial charge in [0.2, 0.25) is 5.91 Å². The lowest BCUT2D eigenvalue weighted by Gasteiger charge is -2.22. The molecule has 0 aromatic heterocycles. The van der Waals surface area contributed by atoms with Crippen molar-refractivity contribution < 1.29 is 15.0 Å². The maximum absolute atomic E-state index is 12.5. The summed E-state index contributed by atoms with van der Waals surface area (Å²) in [4.78, 5) is 12.5. The molecule has 0 rings (SSSR count). The van der Waals surface area contributed by atoms with Crippen LogP contribution >= 0.6 is 0 Å². The summed E-state index contributed by atoms with van der Waals surface area (Å²) in [6.07, 6.45) is 85.2. The Labute approximate surface area is 432 Å². The molecule has 0 aliphatic rings. The highest BCUT2D eigenvalue weighted by molar-refractivity contribution is 5.76. The summed E-state index contributed by atoms with van der Waals surface area (Å²) in [5.41, 5.74) is 0. The van der Waals surface area contributed by atoms with Crippen LogP contribution in [0.2, 0.25) is 0 Å². The van der Waals surface area contributed by atoms with E-state index < -0.39 is 12.1 Å². The second kappa shape index (κ2) is 60.4. The Bertz CT molecular complexity index is 1140. The Morgan fingerprint density at radius 1 is 0.362 bits per heavy atom. The van der Waals surface area contributed by atoms with Crippen LogP contribution in [0.4, 0.5) is 0 Å². The number of hydrogen-bond acceptors (Lipinski definition) is 3. The molecule has 0 heterocycles. The van der Waals surface area contributed by atoms with Crippen molar-refractivity contribution in [1.29, 1.82) is 0 Å². The molecule has 0 aromatic rings. The molecule has 0 aliphatic heterocycles. The molecule has 0 bridgehead atoms. The van der Waals surface area contributed by atoms with Gasteiger partial charge in [-0.1, -0.05) is 325 Å². The molecule has 404 valence electrons. The van der Waals surface area contributed by atoms with Gasteiger partial charge in [0.05, 0.1) is 18.8 Å². The van der Waals surface area contributed by atoms with Gasteiger partial charge in [-0.3, -0.25) is 4.79 Å². The summed E-state index contributed by atoms with van der Waals surface area (Å²) >= 11 is 0. The second-order valence-corrected chi connectivity index (χ2v) is 21.1. The van der Waals surface area contributed by atoms with E-state index in [0.29, 0.717) is 12.8 Å². The molecule has 4 heteroatoms. The number of hydrogen-bond donors (Lipinski definition) is 3. The fourth-order valence-corrected chi connectivity index (χ4v) is 9.63. The van der Waals surface area contributed by atoms with Gasteiger partial charge >= 0.3 is 0 Å². The molecule has 0 spiro atoms. The number of carbonyl (C=O) groups excluding carboxylic acids is 1. The van der Waals surface area contributed by atoms with Crippen molar-refractivity contribution in [3.05, 3.63) is 60.8 Å². The lowest BCUT2D eigenvalue weighted by molar-refractivity contribution is -0.123. The summed E-state index contributed by atoms with van der Waals surface area (Å²) in [6, 6.07) is -0.545. The van der Waals surface area contributed by atoms with Crippen molar-refractivity contribution in [2.24, 2.45) is 0 Å². The van der Waals surface area contributed by atoms with Crippen molar-refractivity contribution in [3.63, 3.8) is 0 Å². The largest absolute Gasteiger partial charge is 0.394 e. The minimum absolute atomic E-state index is 0.0355. The molecule has 0 fully saturated rings. The number of aliphatic hydroxyl groups is 2. The third-order valence-corrected chi connectivity index (χ3v) is 14.3. The number of nitrogens with one attached hydrogen (secondary N) is 1. The molecular formula is C65H121NO3. The van der Waals surface area contributed by atoms with E-state index in [1.807, 2.05) is 0 Å². The van der Waals surface area contributed by atoms with Crippen molar-refractivity contribution in [2.75, 3.05) is 6.61 Å². The fraction of sp³-hybridized carbons (Fsp3) is 0.831. The first-order valence-electron chi connectivity index (χ1n) is 31.0. The Morgan fingerprint density at radius 3 is 0.957 bits per heavy atom. The molecule has 69 heavy (non-hydrogen) atoms. The second-order valence-electron chi connectivity index (χ2n) is 21.1. The number of carbonyl (C=O) groups is 1. The zero-order valence-corrected chi connectivity index (χ0v) is 46.6. The number of amides is 1. The lowest BCUT2D eigenvalue weighted by Crippen LogP contribution is -2.45. The van der Waals surface area contributed by atoms with Crippen LogP contribution in [0.1, 0.15) is 328 Å². The number of allylic oxidation sites excluding steroid dienone is 10. The van der Waals surface area contributed by atoms with Gasteiger partial charge in [0.1, 0.15) is 0 Å². The SMILES string of the molecule is CC/C=C\C/C=C\C/C=C\C/C=C\C/C=C\CCCCCCCCCCCC(=O)NC(CO)C(O)CCCCCCCCCCCCCCCCCCCCCCCCCCCCCCCCCC. The highest BCUT2D eigenvalue weighted by Gasteiger charge is 2.20. The zero-order chi connectivity index (χ0) is 49.9. The van der Waals surface area contributed by atoms with Crippen molar-refractivity contribution in [1.82, 2.24) is 5.32 Å². The third kappa shape index (κ3) is 56.9. The highest BCUT2D eigenvalue weighted by Crippen LogP contribution is 2.18. The molecular weight excluding hydrogens is 843 g/mol. The van der Waals surface area contributed by atoms with Crippen LogP contribution in [0.15, 0.2) is 60.8 Å². The number of rotatable bonds is 57. The van der Waals surface area contributed by atoms with Gasteiger partial charge in [-0.25, -0.2) is 0 Å². The minimum atomic E-state index is -0.667. The average Bonchev–Trinajstić information content (AvgIpc) is 3.35. The molecule has 3 N–H and O–H groups in total. The topological polar surface area (TPSA) is 69.6 Å². The smallest absolute Gasteiger partial charge is 0.220 e. The molecule has 0 saturated heterocycles. The predicted molar refractivity (Wildman–Crippen MR) is 308 cm³/mol. The Morgan fingerprint density at radius 2 is 0.638 bits per heavy atom. The van der Waals surface area contributed by atoms with E-state index in [-0.39, 0.29) is 12.5 Å². The van der Waals surface area contributed by atoms with Gasteiger partial charge in [0, 0.05) is 6.42 Å². The van der Waals surface area contributed by atoms with Crippen LogP contribution in [0.25, 0.3) is 0 Å². The summed E-state index contributed by atoms with van der Waals surface area (Å²) in [6.45, 7) is 4.27. The van der Waals surface area contributed by atoms with E-state index in [4.69, 9.17) is 0 Å². The lowest BCUT2D eigenvalue weighted by atomic mass is 10.0. The molecule has 4 nitrogen and oxygen atoms in total. The van der Waals surface area contributed by atoms with E-state index >= 15 is 0 Å². The van der Waals surface area contributed by atoms with E-state index in [1.165, 1.54) is 244 Å². The minimum Gasteiger partial charge on any atom is -0.394 e. The fourth-order valence-electron chi connectivity index (χ4n) is 9.63. The van der Waals surface area contributed by atoms with Crippen LogP contribution in [-0.2, 0) is 4.79 Å². The van der Waals surface area contributed by atoms with Crippen LogP contribution in [0, 0.1) is 0 Å². The highest BCUT2D eigenvalue weighted by atomic mass is 16.3. The van der Waals surface area contributed by atoms with E-state index in [2.05, 4.69) is 79.9 Å². The van der Waals surface area contributed by atoms with Crippen molar-refractivity contribution in [3.8, 4) is 0 Å². The maximum atomic E-state index is 12.5. The van der Waals surface area contributed by atoms with E-state index in [9.17, 15) is 15.0 Å². The van der Waals surface area contributed by atoms with Gasteiger partial charge < -0.3 is 15.5 Å². The monoisotopic (exact) mass is 964 g/mol. The predicted octanol–water partition coefficient (Wildman–Crippen LogP) is 20.8. The van der Waals surface area contributed by atoms with Gasteiger partial charge in [0.15, 0.2) is 0 Å². The summed E-state index contributed by atoms with van der Waals surface area (Å²) in [5.74, 6) is -0.0355. The summed E-state index contributed by atoms with van der Waals surface area (Å²) in [7, 11) is 0. The molecule has 0 aliphatic carbocycles. The molecule has 2 atom stereocenters. The molecule has 2 unspecified atom stereocenters. The molecule has 0 aromatic carbocycles. The number of aliphatic hydroxyl groups excluding tert-OH is 2. The van der Waals surface area contributed by atoms with Crippen LogP contribution in [-0.4, -0.2) is 34.9 Å². The first-order chi connectivity index (χ1) is 34.2. The summed E-state index contributed by atoms with van der Waals surface area (Å²) in [5, 5.41) is 23.4. The Hall–Kier alpha value is -1.91. The normalized spacial score (nSPS) is 13.2.